The van der Waals surface area contributed by atoms with Gasteiger partial charge in [-0.15, -0.1) is 0 Å². The summed E-state index contributed by atoms with van der Waals surface area (Å²) in [5.74, 6) is 0.851. The Bertz CT molecular complexity index is 1180. The number of hydrogen-bond donors (Lipinski definition) is 0. The molecule has 182 valence electrons. The summed E-state index contributed by atoms with van der Waals surface area (Å²) in [6.07, 6.45) is 3.03. The minimum atomic E-state index is -0.433. The van der Waals surface area contributed by atoms with Crippen LogP contribution in [0.25, 0.3) is 17.2 Å². The Labute approximate surface area is 206 Å². The van der Waals surface area contributed by atoms with Gasteiger partial charge < -0.3 is 19.1 Å². The Hall–Kier alpha value is -4.06. The van der Waals surface area contributed by atoms with Crippen molar-refractivity contribution in [2.24, 2.45) is 5.92 Å². The van der Waals surface area contributed by atoms with Crippen molar-refractivity contribution in [3.8, 4) is 22.6 Å². The number of esters is 1. The largest absolute Gasteiger partial charge is 0.496 e. The molecule has 0 aromatic heterocycles. The normalized spacial score (nSPS) is 10.9. The van der Waals surface area contributed by atoms with Crippen LogP contribution >= 0.6 is 0 Å². The third kappa shape index (κ3) is 6.29. The lowest BCUT2D eigenvalue weighted by atomic mass is 10.0. The number of ether oxygens (including phenoxy) is 3. The van der Waals surface area contributed by atoms with Crippen LogP contribution in [-0.4, -0.2) is 33.2 Å². The maximum absolute atomic E-state index is 13.1. The topological polar surface area (TPSA) is 65.1 Å². The number of benzene rings is 3. The van der Waals surface area contributed by atoms with Crippen LogP contribution in [0.4, 0.5) is 5.69 Å². The highest BCUT2D eigenvalue weighted by Crippen LogP contribution is 2.38. The van der Waals surface area contributed by atoms with Gasteiger partial charge in [0.2, 0.25) is 5.91 Å². The number of hydrogen-bond acceptors (Lipinski definition) is 5. The number of anilines is 1. The number of methoxy groups -OCH3 is 3. The first-order valence-electron chi connectivity index (χ1n) is 11.4. The highest BCUT2D eigenvalue weighted by Gasteiger charge is 2.20. The number of rotatable bonds is 9. The molecule has 0 atom stereocenters. The van der Waals surface area contributed by atoms with E-state index in [9.17, 15) is 9.59 Å². The molecule has 0 aliphatic heterocycles. The van der Waals surface area contributed by atoms with Gasteiger partial charge in [-0.25, -0.2) is 4.79 Å². The molecule has 0 saturated heterocycles. The van der Waals surface area contributed by atoms with Crippen LogP contribution in [0.2, 0.25) is 0 Å². The molecule has 3 aromatic carbocycles. The van der Waals surface area contributed by atoms with Gasteiger partial charge in [-0.05, 0) is 47.0 Å². The summed E-state index contributed by atoms with van der Waals surface area (Å²) >= 11 is 0. The molecule has 6 heteroatoms. The number of nitrogens with zero attached hydrogens (tertiary/aromatic N) is 1. The standard InChI is InChI=1S/C29H31NO5/c1-20(2)29(32)30(24-9-6-8-21(18-24)14-17-27(31)35-5)19-22-12-15-23(16-13-22)28-25(33-3)10-7-11-26(28)34-4/h6-18,20H,19H2,1-5H3/b17-14+. The average Bonchev–Trinajstić information content (AvgIpc) is 2.89. The zero-order valence-electron chi connectivity index (χ0n) is 20.8. The molecule has 0 aliphatic carbocycles. The zero-order valence-corrected chi connectivity index (χ0v) is 20.8. The maximum atomic E-state index is 13.1. The number of amides is 1. The van der Waals surface area contributed by atoms with Crippen LogP contribution in [0.1, 0.15) is 25.0 Å². The van der Waals surface area contributed by atoms with Gasteiger partial charge in [-0.3, -0.25) is 4.79 Å². The summed E-state index contributed by atoms with van der Waals surface area (Å²) < 4.78 is 15.7. The fourth-order valence-corrected chi connectivity index (χ4v) is 3.73. The molecule has 0 unspecified atom stereocenters. The molecule has 0 radical (unpaired) electrons. The number of carbonyl (C=O) groups excluding carboxylic acids is 2. The maximum Gasteiger partial charge on any atom is 0.330 e. The van der Waals surface area contributed by atoms with Gasteiger partial charge in [0.25, 0.3) is 0 Å². The molecule has 0 saturated carbocycles. The summed E-state index contributed by atoms with van der Waals surface area (Å²) in [5.41, 5.74) is 4.37. The summed E-state index contributed by atoms with van der Waals surface area (Å²) in [6, 6.07) is 21.2. The molecular formula is C29H31NO5. The van der Waals surface area contributed by atoms with E-state index in [-0.39, 0.29) is 11.8 Å². The summed E-state index contributed by atoms with van der Waals surface area (Å²) in [6.45, 7) is 4.17. The van der Waals surface area contributed by atoms with Gasteiger partial charge in [-0.2, -0.15) is 0 Å². The molecule has 0 N–H and O–H groups in total. The van der Waals surface area contributed by atoms with E-state index in [1.54, 1.807) is 25.2 Å². The van der Waals surface area contributed by atoms with Gasteiger partial charge in [0.15, 0.2) is 0 Å². The summed E-state index contributed by atoms with van der Waals surface area (Å²) in [5, 5.41) is 0. The van der Waals surface area contributed by atoms with Crippen LogP contribution in [-0.2, 0) is 20.9 Å². The predicted octanol–water partition coefficient (Wildman–Crippen LogP) is 5.75. The average molecular weight is 474 g/mol. The first kappa shape index (κ1) is 25.6. The van der Waals surface area contributed by atoms with Crippen LogP contribution in [0.5, 0.6) is 11.5 Å². The van der Waals surface area contributed by atoms with Gasteiger partial charge in [0.05, 0.1) is 33.4 Å². The van der Waals surface area contributed by atoms with Crippen molar-refractivity contribution in [3.05, 3.63) is 83.9 Å². The molecule has 0 fully saturated rings. The molecular weight excluding hydrogens is 442 g/mol. The molecule has 6 nitrogen and oxygen atoms in total. The fraction of sp³-hybridized carbons (Fsp3) is 0.241. The second kappa shape index (κ2) is 11.9. The highest BCUT2D eigenvalue weighted by molar-refractivity contribution is 5.95. The van der Waals surface area contributed by atoms with Gasteiger partial charge >= 0.3 is 5.97 Å². The Morgan fingerprint density at radius 2 is 1.51 bits per heavy atom. The predicted molar refractivity (Wildman–Crippen MR) is 139 cm³/mol. The molecule has 35 heavy (non-hydrogen) atoms. The lowest BCUT2D eigenvalue weighted by Gasteiger charge is -2.25. The third-order valence-corrected chi connectivity index (χ3v) is 5.57. The van der Waals surface area contributed by atoms with E-state index in [0.717, 1.165) is 39.4 Å². The minimum absolute atomic E-state index is 0.00886. The Morgan fingerprint density at radius 1 is 0.886 bits per heavy atom. The van der Waals surface area contributed by atoms with Crippen molar-refractivity contribution in [1.29, 1.82) is 0 Å². The van der Waals surface area contributed by atoms with E-state index < -0.39 is 5.97 Å². The van der Waals surface area contributed by atoms with Crippen molar-refractivity contribution in [2.75, 3.05) is 26.2 Å². The second-order valence-corrected chi connectivity index (χ2v) is 8.27. The molecule has 0 aliphatic rings. The van der Waals surface area contributed by atoms with Gasteiger partial charge in [0.1, 0.15) is 11.5 Å². The van der Waals surface area contributed by atoms with Crippen molar-refractivity contribution in [2.45, 2.75) is 20.4 Å². The summed E-state index contributed by atoms with van der Waals surface area (Å²) in [4.78, 5) is 26.4. The monoisotopic (exact) mass is 473 g/mol. The van der Waals surface area contributed by atoms with Crippen molar-refractivity contribution >= 4 is 23.6 Å². The van der Waals surface area contributed by atoms with E-state index in [4.69, 9.17) is 9.47 Å². The lowest BCUT2D eigenvalue weighted by molar-refractivity contribution is -0.134. The quantitative estimate of drug-likeness (QED) is 0.293. The summed E-state index contributed by atoms with van der Waals surface area (Å²) in [7, 11) is 4.61. The number of carbonyl (C=O) groups is 2. The van der Waals surface area contributed by atoms with E-state index in [1.165, 1.54) is 13.2 Å². The smallest absolute Gasteiger partial charge is 0.330 e. The SMILES string of the molecule is COC(=O)/C=C/c1cccc(N(Cc2ccc(-c3c(OC)cccc3OC)cc2)C(=O)C(C)C)c1. The van der Waals surface area contributed by atoms with Gasteiger partial charge in [0, 0.05) is 17.7 Å². The molecule has 0 heterocycles. The van der Waals surface area contributed by atoms with Crippen molar-refractivity contribution in [1.82, 2.24) is 0 Å². The fourth-order valence-electron chi connectivity index (χ4n) is 3.73. The zero-order chi connectivity index (χ0) is 25.4. The van der Waals surface area contributed by atoms with Crippen LogP contribution in [0.15, 0.2) is 72.8 Å². The first-order chi connectivity index (χ1) is 16.9. The van der Waals surface area contributed by atoms with Gasteiger partial charge in [-0.1, -0.05) is 56.3 Å². The first-order valence-corrected chi connectivity index (χ1v) is 11.4. The highest BCUT2D eigenvalue weighted by atomic mass is 16.5. The van der Waals surface area contributed by atoms with Crippen LogP contribution < -0.4 is 14.4 Å². The van der Waals surface area contributed by atoms with E-state index in [2.05, 4.69) is 4.74 Å². The molecule has 0 bridgehead atoms. The van der Waals surface area contributed by atoms with E-state index >= 15 is 0 Å². The van der Waals surface area contributed by atoms with E-state index in [0.29, 0.717) is 6.54 Å². The Kier molecular flexibility index (Phi) is 8.68. The molecule has 3 aromatic rings. The molecule has 1 amide bonds. The van der Waals surface area contributed by atoms with Crippen molar-refractivity contribution in [3.63, 3.8) is 0 Å². The molecule has 0 spiro atoms. The Morgan fingerprint density at radius 3 is 2.09 bits per heavy atom. The van der Waals surface area contributed by atoms with E-state index in [1.807, 2.05) is 80.6 Å². The second-order valence-electron chi connectivity index (χ2n) is 8.27. The Balaban J connectivity index is 1.92. The van der Waals surface area contributed by atoms with Crippen LogP contribution in [0.3, 0.4) is 0 Å². The van der Waals surface area contributed by atoms with Crippen LogP contribution in [0, 0.1) is 5.92 Å². The lowest BCUT2D eigenvalue weighted by Crippen LogP contribution is -2.33. The molecule has 3 rings (SSSR count). The third-order valence-electron chi connectivity index (χ3n) is 5.57. The van der Waals surface area contributed by atoms with Crippen molar-refractivity contribution < 1.29 is 23.8 Å². The minimum Gasteiger partial charge on any atom is -0.496 e.